The minimum atomic E-state index is 0.0591. The molecule has 0 saturated carbocycles. The van der Waals surface area contributed by atoms with Crippen LogP contribution in [0.15, 0.2) is 35.5 Å². The lowest BCUT2D eigenvalue weighted by atomic mass is 10.2. The summed E-state index contributed by atoms with van der Waals surface area (Å²) in [6, 6.07) is 10.4. The first-order valence-electron chi connectivity index (χ1n) is 9.84. The molecule has 2 heterocycles. The van der Waals surface area contributed by atoms with Crippen molar-refractivity contribution in [2.75, 3.05) is 25.4 Å². The van der Waals surface area contributed by atoms with Crippen LogP contribution < -0.4 is 5.32 Å². The highest BCUT2D eigenvalue weighted by Gasteiger charge is 2.19. The number of likely N-dealkylation sites (tertiary alicyclic amines) is 1. The standard InChI is InChI=1S/C20H29N5OS/c1-2-3-11-21-19(26)16-27-20-23-22-18(15-24-12-7-8-13-24)25(20)14-17-9-5-4-6-10-17/h4-6,9-10H,2-3,7-8,11-16H2,1H3,(H,21,26). The normalized spacial score (nSPS) is 14.6. The van der Waals surface area contributed by atoms with Gasteiger partial charge in [0.15, 0.2) is 5.16 Å². The van der Waals surface area contributed by atoms with E-state index in [2.05, 4.69) is 44.0 Å². The van der Waals surface area contributed by atoms with Crippen LogP contribution in [0.25, 0.3) is 0 Å². The number of hydrogen-bond acceptors (Lipinski definition) is 5. The zero-order valence-corrected chi connectivity index (χ0v) is 16.9. The Morgan fingerprint density at radius 3 is 2.67 bits per heavy atom. The van der Waals surface area contributed by atoms with E-state index < -0.39 is 0 Å². The van der Waals surface area contributed by atoms with Gasteiger partial charge in [0, 0.05) is 6.54 Å². The van der Waals surface area contributed by atoms with E-state index in [0.29, 0.717) is 5.75 Å². The van der Waals surface area contributed by atoms with Gasteiger partial charge in [-0.05, 0) is 37.9 Å². The first kappa shape index (κ1) is 19.9. The second-order valence-electron chi connectivity index (χ2n) is 6.95. The molecule has 27 heavy (non-hydrogen) atoms. The van der Waals surface area contributed by atoms with Crippen molar-refractivity contribution in [2.45, 2.75) is 50.9 Å². The predicted molar refractivity (Wildman–Crippen MR) is 109 cm³/mol. The van der Waals surface area contributed by atoms with E-state index in [1.54, 1.807) is 0 Å². The van der Waals surface area contributed by atoms with Crippen molar-refractivity contribution in [3.63, 3.8) is 0 Å². The molecule has 1 aliphatic heterocycles. The van der Waals surface area contributed by atoms with Crippen LogP contribution in [0.5, 0.6) is 0 Å². The van der Waals surface area contributed by atoms with Gasteiger partial charge in [0.1, 0.15) is 5.82 Å². The van der Waals surface area contributed by atoms with Crippen molar-refractivity contribution in [1.82, 2.24) is 25.0 Å². The molecule has 0 radical (unpaired) electrons. The summed E-state index contributed by atoms with van der Waals surface area (Å²) in [5.41, 5.74) is 1.22. The topological polar surface area (TPSA) is 63.1 Å². The van der Waals surface area contributed by atoms with Gasteiger partial charge in [-0.1, -0.05) is 55.4 Å². The zero-order chi connectivity index (χ0) is 18.9. The van der Waals surface area contributed by atoms with Gasteiger partial charge in [0.25, 0.3) is 0 Å². The van der Waals surface area contributed by atoms with Crippen LogP contribution in [0.4, 0.5) is 0 Å². The van der Waals surface area contributed by atoms with Crippen LogP contribution in [0.3, 0.4) is 0 Å². The van der Waals surface area contributed by atoms with Crippen molar-refractivity contribution >= 4 is 17.7 Å². The molecule has 0 spiro atoms. The summed E-state index contributed by atoms with van der Waals surface area (Å²) in [5, 5.41) is 12.6. The third-order valence-corrected chi connectivity index (χ3v) is 5.69. The number of carbonyl (C=O) groups is 1. The number of carbonyl (C=O) groups excluding carboxylic acids is 1. The van der Waals surface area contributed by atoms with Crippen molar-refractivity contribution in [3.8, 4) is 0 Å². The zero-order valence-electron chi connectivity index (χ0n) is 16.1. The van der Waals surface area contributed by atoms with E-state index in [9.17, 15) is 4.79 Å². The molecule has 0 atom stereocenters. The second-order valence-corrected chi connectivity index (χ2v) is 7.89. The smallest absolute Gasteiger partial charge is 0.230 e. The summed E-state index contributed by atoms with van der Waals surface area (Å²) in [6.45, 7) is 6.67. The Morgan fingerprint density at radius 1 is 1.15 bits per heavy atom. The molecule has 1 aromatic carbocycles. The molecular formula is C20H29N5OS. The third-order valence-electron chi connectivity index (χ3n) is 4.73. The van der Waals surface area contributed by atoms with Gasteiger partial charge in [-0.2, -0.15) is 0 Å². The Hall–Kier alpha value is -1.86. The number of nitrogens with one attached hydrogen (secondary N) is 1. The quantitative estimate of drug-likeness (QED) is 0.502. The summed E-state index contributed by atoms with van der Waals surface area (Å²) < 4.78 is 2.16. The average molecular weight is 388 g/mol. The number of unbranched alkanes of at least 4 members (excludes halogenated alkanes) is 1. The lowest BCUT2D eigenvalue weighted by molar-refractivity contribution is -0.118. The lowest BCUT2D eigenvalue weighted by Crippen LogP contribution is -2.26. The monoisotopic (exact) mass is 387 g/mol. The number of amides is 1. The van der Waals surface area contributed by atoms with Crippen molar-refractivity contribution in [3.05, 3.63) is 41.7 Å². The molecule has 2 aromatic rings. The van der Waals surface area contributed by atoms with Gasteiger partial charge in [0.05, 0.1) is 18.8 Å². The molecule has 1 aliphatic rings. The van der Waals surface area contributed by atoms with Gasteiger partial charge in [0.2, 0.25) is 5.91 Å². The van der Waals surface area contributed by atoms with Crippen LogP contribution in [0.2, 0.25) is 0 Å². The molecule has 1 N–H and O–H groups in total. The number of nitrogens with zero attached hydrogens (tertiary/aromatic N) is 4. The fourth-order valence-corrected chi connectivity index (χ4v) is 3.98. The van der Waals surface area contributed by atoms with Gasteiger partial charge in [-0.15, -0.1) is 10.2 Å². The highest BCUT2D eigenvalue weighted by molar-refractivity contribution is 7.99. The lowest BCUT2D eigenvalue weighted by Gasteiger charge is -2.16. The maximum atomic E-state index is 12.0. The highest BCUT2D eigenvalue weighted by atomic mass is 32.2. The number of benzene rings is 1. The summed E-state index contributed by atoms with van der Waals surface area (Å²) in [7, 11) is 0. The molecule has 1 aromatic heterocycles. The molecule has 6 nitrogen and oxygen atoms in total. The fourth-order valence-electron chi connectivity index (χ4n) is 3.19. The van der Waals surface area contributed by atoms with Crippen molar-refractivity contribution in [2.24, 2.45) is 0 Å². The molecule has 0 unspecified atom stereocenters. The van der Waals surface area contributed by atoms with Crippen LogP contribution >= 0.6 is 11.8 Å². The third kappa shape index (κ3) is 6.07. The van der Waals surface area contributed by atoms with E-state index in [-0.39, 0.29) is 5.91 Å². The van der Waals surface area contributed by atoms with E-state index in [4.69, 9.17) is 0 Å². The van der Waals surface area contributed by atoms with Gasteiger partial charge in [-0.3, -0.25) is 9.69 Å². The Balaban J connectivity index is 1.68. The first-order chi connectivity index (χ1) is 13.3. The minimum Gasteiger partial charge on any atom is -0.355 e. The van der Waals surface area contributed by atoms with Crippen molar-refractivity contribution in [1.29, 1.82) is 0 Å². The Labute approximate surface area is 165 Å². The van der Waals surface area contributed by atoms with E-state index in [1.165, 1.54) is 30.2 Å². The van der Waals surface area contributed by atoms with Crippen LogP contribution in [0, 0.1) is 0 Å². The molecular weight excluding hydrogens is 358 g/mol. The average Bonchev–Trinajstić information content (AvgIpc) is 3.32. The molecule has 3 rings (SSSR count). The molecule has 1 fully saturated rings. The van der Waals surface area contributed by atoms with Gasteiger partial charge < -0.3 is 9.88 Å². The Kier molecular flexibility index (Phi) is 7.71. The van der Waals surface area contributed by atoms with Crippen molar-refractivity contribution < 1.29 is 4.79 Å². The molecule has 1 amide bonds. The van der Waals surface area contributed by atoms with E-state index >= 15 is 0 Å². The number of rotatable bonds is 10. The molecule has 0 bridgehead atoms. The number of thioether (sulfide) groups is 1. The highest BCUT2D eigenvalue weighted by Crippen LogP contribution is 2.21. The maximum absolute atomic E-state index is 12.0. The fraction of sp³-hybridized carbons (Fsp3) is 0.550. The minimum absolute atomic E-state index is 0.0591. The first-order valence-corrected chi connectivity index (χ1v) is 10.8. The Morgan fingerprint density at radius 2 is 1.93 bits per heavy atom. The maximum Gasteiger partial charge on any atom is 0.230 e. The molecule has 1 saturated heterocycles. The van der Waals surface area contributed by atoms with E-state index in [1.807, 2.05) is 18.2 Å². The van der Waals surface area contributed by atoms with Crippen LogP contribution in [-0.2, 0) is 17.9 Å². The van der Waals surface area contributed by atoms with Crippen LogP contribution in [-0.4, -0.2) is 51.0 Å². The number of hydrogen-bond donors (Lipinski definition) is 1. The summed E-state index contributed by atoms with van der Waals surface area (Å²) in [6.07, 6.45) is 4.61. The van der Waals surface area contributed by atoms with Gasteiger partial charge in [-0.25, -0.2) is 0 Å². The largest absolute Gasteiger partial charge is 0.355 e. The van der Waals surface area contributed by atoms with Gasteiger partial charge >= 0.3 is 0 Å². The summed E-state index contributed by atoms with van der Waals surface area (Å²) in [5.74, 6) is 1.42. The summed E-state index contributed by atoms with van der Waals surface area (Å²) in [4.78, 5) is 14.5. The second kappa shape index (κ2) is 10.5. The Bertz CT molecular complexity index is 712. The number of aromatic nitrogens is 3. The summed E-state index contributed by atoms with van der Waals surface area (Å²) >= 11 is 1.47. The van der Waals surface area contributed by atoms with E-state index in [0.717, 1.165) is 56.5 Å². The molecule has 7 heteroatoms. The molecule has 0 aliphatic carbocycles. The predicted octanol–water partition coefficient (Wildman–Crippen LogP) is 2.93. The van der Waals surface area contributed by atoms with Crippen LogP contribution in [0.1, 0.15) is 44.0 Å². The molecule has 146 valence electrons. The SMILES string of the molecule is CCCCNC(=O)CSc1nnc(CN2CCCC2)n1Cc1ccccc1.